The first-order valence-electron chi connectivity index (χ1n) is 8.94. The van der Waals surface area contributed by atoms with Crippen molar-refractivity contribution in [3.63, 3.8) is 0 Å². The Bertz CT molecular complexity index is 681. The number of carbonyl (C=O) groups is 2. The second-order valence-corrected chi connectivity index (χ2v) is 6.49. The maximum atomic E-state index is 11.6. The molecule has 8 nitrogen and oxygen atoms in total. The van der Waals surface area contributed by atoms with E-state index in [1.165, 1.54) is 16.2 Å². The van der Waals surface area contributed by atoms with E-state index in [4.69, 9.17) is 0 Å². The number of benzene rings is 1. The van der Waals surface area contributed by atoms with Crippen LogP contribution >= 0.6 is 0 Å². The molecule has 0 saturated carbocycles. The van der Waals surface area contributed by atoms with Gasteiger partial charge in [-0.2, -0.15) is 0 Å². The second kappa shape index (κ2) is 8.07. The number of piperazine rings is 1. The molecule has 0 unspecified atom stereocenters. The average Bonchev–Trinajstić information content (AvgIpc) is 2.97. The fourth-order valence-corrected chi connectivity index (χ4v) is 3.29. The van der Waals surface area contributed by atoms with Gasteiger partial charge >= 0.3 is 6.03 Å². The van der Waals surface area contributed by atoms with Gasteiger partial charge in [-0.3, -0.25) is 14.7 Å². The molecule has 2 fully saturated rings. The molecule has 2 aliphatic heterocycles. The monoisotopic (exact) mass is 358 g/mol. The highest BCUT2D eigenvalue weighted by Gasteiger charge is 2.28. The molecule has 140 valence electrons. The van der Waals surface area contributed by atoms with Gasteiger partial charge in [-0.1, -0.05) is 12.1 Å². The molecule has 1 aromatic rings. The fourth-order valence-electron chi connectivity index (χ4n) is 3.29. The lowest BCUT2D eigenvalue weighted by Gasteiger charge is -2.37. The Kier molecular flexibility index (Phi) is 5.60. The molecule has 26 heavy (non-hydrogen) atoms. The van der Waals surface area contributed by atoms with Crippen LogP contribution in [0.5, 0.6) is 0 Å². The van der Waals surface area contributed by atoms with Crippen LogP contribution in [-0.4, -0.2) is 80.6 Å². The summed E-state index contributed by atoms with van der Waals surface area (Å²) in [4.78, 5) is 33.3. The Morgan fingerprint density at radius 2 is 2.00 bits per heavy atom. The first-order chi connectivity index (χ1) is 12.6. The number of aryl methyl sites for hydroxylation is 1. The van der Waals surface area contributed by atoms with Crippen LogP contribution in [0, 0.1) is 6.92 Å². The lowest BCUT2D eigenvalue weighted by molar-refractivity contribution is -0.124. The summed E-state index contributed by atoms with van der Waals surface area (Å²) >= 11 is 0. The van der Waals surface area contributed by atoms with Crippen molar-refractivity contribution in [3.05, 3.63) is 29.8 Å². The highest BCUT2D eigenvalue weighted by atomic mass is 16.2. The molecule has 2 saturated heterocycles. The van der Waals surface area contributed by atoms with Crippen molar-refractivity contribution in [1.29, 1.82) is 0 Å². The number of hydrogen-bond donors (Lipinski definition) is 2. The summed E-state index contributed by atoms with van der Waals surface area (Å²) in [7, 11) is 1.75. The summed E-state index contributed by atoms with van der Waals surface area (Å²) < 4.78 is 0. The first-order valence-corrected chi connectivity index (χ1v) is 8.94. The zero-order chi connectivity index (χ0) is 18.5. The average molecular weight is 358 g/mol. The van der Waals surface area contributed by atoms with Gasteiger partial charge in [-0.05, 0) is 24.6 Å². The van der Waals surface area contributed by atoms with Gasteiger partial charge in [0.1, 0.15) is 0 Å². The highest BCUT2D eigenvalue weighted by Crippen LogP contribution is 2.17. The van der Waals surface area contributed by atoms with E-state index >= 15 is 0 Å². The van der Waals surface area contributed by atoms with Crippen molar-refractivity contribution in [2.24, 2.45) is 4.99 Å². The topological polar surface area (TPSA) is 80.3 Å². The molecule has 3 rings (SSSR count). The standard InChI is InChI=1S/C18H26N6O2/c1-14-4-3-5-15(12-14)22-8-10-23(11-9-22)17(19-2)20-6-7-24-16(25)13-21-18(24)26/h3-5,12H,6-11,13H2,1-2H3,(H,19,20)(H,21,26). The molecule has 0 radical (unpaired) electrons. The minimum atomic E-state index is -0.321. The number of urea groups is 1. The molecule has 1 aromatic carbocycles. The Labute approximate surface area is 153 Å². The van der Waals surface area contributed by atoms with Crippen molar-refractivity contribution in [2.75, 3.05) is 57.8 Å². The molecule has 8 heteroatoms. The zero-order valence-corrected chi connectivity index (χ0v) is 15.4. The van der Waals surface area contributed by atoms with E-state index in [2.05, 4.69) is 56.6 Å². The highest BCUT2D eigenvalue weighted by molar-refractivity contribution is 6.01. The number of rotatable bonds is 4. The van der Waals surface area contributed by atoms with Crippen LogP contribution < -0.4 is 15.5 Å². The van der Waals surface area contributed by atoms with Crippen LogP contribution in [0.4, 0.5) is 10.5 Å². The Morgan fingerprint density at radius 1 is 1.23 bits per heavy atom. The quantitative estimate of drug-likeness (QED) is 0.458. The predicted molar refractivity (Wildman–Crippen MR) is 101 cm³/mol. The van der Waals surface area contributed by atoms with E-state index in [9.17, 15) is 9.59 Å². The largest absolute Gasteiger partial charge is 0.368 e. The number of nitrogens with one attached hydrogen (secondary N) is 2. The van der Waals surface area contributed by atoms with Crippen molar-refractivity contribution >= 4 is 23.6 Å². The summed E-state index contributed by atoms with van der Waals surface area (Å²) in [5, 5.41) is 5.78. The number of carbonyl (C=O) groups excluding carboxylic acids is 2. The second-order valence-electron chi connectivity index (χ2n) is 6.49. The molecule has 0 aliphatic carbocycles. The minimum absolute atomic E-state index is 0.0917. The predicted octanol–water partition coefficient (Wildman–Crippen LogP) is 0.244. The van der Waals surface area contributed by atoms with Gasteiger partial charge in [0.15, 0.2) is 5.96 Å². The Morgan fingerprint density at radius 3 is 2.62 bits per heavy atom. The molecule has 0 bridgehead atoms. The van der Waals surface area contributed by atoms with Crippen molar-refractivity contribution in [3.8, 4) is 0 Å². The summed E-state index contributed by atoms with van der Waals surface area (Å²) in [5.41, 5.74) is 2.52. The number of nitrogens with zero attached hydrogens (tertiary/aromatic N) is 4. The lowest BCUT2D eigenvalue weighted by atomic mass is 10.2. The molecule has 2 N–H and O–H groups in total. The number of imide groups is 1. The number of guanidine groups is 1. The van der Waals surface area contributed by atoms with Crippen LogP contribution in [-0.2, 0) is 4.79 Å². The third-order valence-corrected chi connectivity index (χ3v) is 4.71. The van der Waals surface area contributed by atoms with Gasteiger partial charge in [0.05, 0.1) is 6.54 Å². The number of anilines is 1. The van der Waals surface area contributed by atoms with Gasteiger partial charge in [0, 0.05) is 52.0 Å². The molecule has 0 atom stereocenters. The van der Waals surface area contributed by atoms with Gasteiger partial charge in [-0.25, -0.2) is 4.79 Å². The summed E-state index contributed by atoms with van der Waals surface area (Å²) in [6, 6.07) is 8.23. The third kappa shape index (κ3) is 4.07. The lowest BCUT2D eigenvalue weighted by Crippen LogP contribution is -2.53. The summed E-state index contributed by atoms with van der Waals surface area (Å²) in [6.45, 7) is 6.63. The van der Waals surface area contributed by atoms with Gasteiger partial charge in [0.2, 0.25) is 5.91 Å². The molecule has 2 aliphatic rings. The Hall–Kier alpha value is -2.77. The molecule has 0 aromatic heterocycles. The van der Waals surface area contributed by atoms with Gasteiger partial charge < -0.3 is 20.4 Å². The van der Waals surface area contributed by atoms with E-state index in [1.807, 2.05) is 0 Å². The molecular formula is C18H26N6O2. The fraction of sp³-hybridized carbons (Fsp3) is 0.500. The van der Waals surface area contributed by atoms with E-state index in [-0.39, 0.29) is 18.5 Å². The van der Waals surface area contributed by atoms with Gasteiger partial charge in [0.25, 0.3) is 0 Å². The van der Waals surface area contributed by atoms with Crippen molar-refractivity contribution in [1.82, 2.24) is 20.4 Å². The molecular weight excluding hydrogens is 332 g/mol. The van der Waals surface area contributed by atoms with Crippen LogP contribution in [0.2, 0.25) is 0 Å². The normalized spacial score (nSPS) is 18.4. The minimum Gasteiger partial charge on any atom is -0.368 e. The van der Waals surface area contributed by atoms with Crippen molar-refractivity contribution in [2.45, 2.75) is 6.92 Å². The maximum Gasteiger partial charge on any atom is 0.324 e. The van der Waals surface area contributed by atoms with E-state index < -0.39 is 0 Å². The van der Waals surface area contributed by atoms with Crippen LogP contribution in [0.1, 0.15) is 5.56 Å². The summed E-state index contributed by atoms with van der Waals surface area (Å²) in [5.74, 6) is 0.625. The number of amides is 3. The number of aliphatic imine (C=N–C) groups is 1. The zero-order valence-electron chi connectivity index (χ0n) is 15.4. The molecule has 3 amide bonds. The maximum absolute atomic E-state index is 11.6. The first kappa shape index (κ1) is 18.0. The SMILES string of the molecule is CN=C(NCCN1C(=O)CNC1=O)N1CCN(c2cccc(C)c2)CC1. The van der Waals surface area contributed by atoms with E-state index in [0.29, 0.717) is 13.1 Å². The molecule has 0 spiro atoms. The third-order valence-electron chi connectivity index (χ3n) is 4.71. The Balaban J connectivity index is 1.48. The van der Waals surface area contributed by atoms with E-state index in [1.54, 1.807) is 7.05 Å². The molecule has 2 heterocycles. The number of hydrogen-bond acceptors (Lipinski definition) is 4. The van der Waals surface area contributed by atoms with Crippen molar-refractivity contribution < 1.29 is 9.59 Å². The van der Waals surface area contributed by atoms with Crippen LogP contribution in [0.3, 0.4) is 0 Å². The smallest absolute Gasteiger partial charge is 0.324 e. The van der Waals surface area contributed by atoms with Crippen LogP contribution in [0.25, 0.3) is 0 Å². The van der Waals surface area contributed by atoms with Gasteiger partial charge in [-0.15, -0.1) is 0 Å². The summed E-state index contributed by atoms with van der Waals surface area (Å²) in [6.07, 6.45) is 0. The van der Waals surface area contributed by atoms with Crippen LogP contribution in [0.15, 0.2) is 29.3 Å². The van der Waals surface area contributed by atoms with E-state index in [0.717, 1.165) is 32.1 Å².